The molecule has 7 heteroatoms. The van der Waals surface area contributed by atoms with Crippen LogP contribution in [0.15, 0.2) is 71.5 Å². The number of pyridine rings is 1. The van der Waals surface area contributed by atoms with E-state index in [1.54, 1.807) is 47.0 Å². The number of benzene rings is 3. The number of aryl methyl sites for hydroxylation is 2. The SMILES string of the molecule is Cc1ccc(OCC(=O)NNC(=O)Cn2c3ccccc3c(=O)c3ccccc32)cc1C. The van der Waals surface area contributed by atoms with Crippen LogP contribution >= 0.6 is 0 Å². The van der Waals surface area contributed by atoms with Crippen molar-refractivity contribution in [1.82, 2.24) is 15.4 Å². The first-order chi connectivity index (χ1) is 15.4. The van der Waals surface area contributed by atoms with Crippen LogP contribution in [0.5, 0.6) is 5.75 Å². The first-order valence-corrected chi connectivity index (χ1v) is 10.2. The molecule has 0 radical (unpaired) electrons. The van der Waals surface area contributed by atoms with E-state index in [9.17, 15) is 14.4 Å². The van der Waals surface area contributed by atoms with Crippen molar-refractivity contribution in [2.75, 3.05) is 6.61 Å². The highest BCUT2D eigenvalue weighted by Crippen LogP contribution is 2.19. The van der Waals surface area contributed by atoms with Crippen LogP contribution in [0.25, 0.3) is 21.8 Å². The molecule has 0 aliphatic heterocycles. The number of rotatable bonds is 5. The maximum atomic E-state index is 12.8. The predicted molar refractivity (Wildman–Crippen MR) is 123 cm³/mol. The number of amides is 2. The van der Waals surface area contributed by atoms with Crippen LogP contribution in [-0.4, -0.2) is 23.0 Å². The van der Waals surface area contributed by atoms with E-state index < -0.39 is 11.8 Å². The van der Waals surface area contributed by atoms with Gasteiger partial charge in [-0.3, -0.25) is 25.2 Å². The molecular formula is C25H23N3O4. The fraction of sp³-hybridized carbons (Fsp3) is 0.160. The van der Waals surface area contributed by atoms with Crippen molar-refractivity contribution in [1.29, 1.82) is 0 Å². The summed E-state index contributed by atoms with van der Waals surface area (Å²) in [7, 11) is 0. The Hall–Kier alpha value is -4.13. The number of nitrogens with zero attached hydrogens (tertiary/aromatic N) is 1. The van der Waals surface area contributed by atoms with Gasteiger partial charge in [-0.1, -0.05) is 30.3 Å². The van der Waals surface area contributed by atoms with Crippen molar-refractivity contribution in [2.24, 2.45) is 0 Å². The molecule has 0 saturated carbocycles. The second-order valence-electron chi connectivity index (χ2n) is 7.58. The summed E-state index contributed by atoms with van der Waals surface area (Å²) in [6.45, 7) is 3.66. The first-order valence-electron chi connectivity index (χ1n) is 10.2. The maximum Gasteiger partial charge on any atom is 0.276 e. The van der Waals surface area contributed by atoms with Gasteiger partial charge in [0.25, 0.3) is 11.8 Å². The van der Waals surface area contributed by atoms with Crippen molar-refractivity contribution in [2.45, 2.75) is 20.4 Å². The molecule has 1 heterocycles. The summed E-state index contributed by atoms with van der Waals surface area (Å²) in [4.78, 5) is 37.5. The summed E-state index contributed by atoms with van der Waals surface area (Å²) in [6, 6.07) is 19.9. The fourth-order valence-corrected chi connectivity index (χ4v) is 3.56. The van der Waals surface area contributed by atoms with Crippen molar-refractivity contribution in [3.63, 3.8) is 0 Å². The summed E-state index contributed by atoms with van der Waals surface area (Å²) in [5.74, 6) is -0.324. The van der Waals surface area contributed by atoms with Gasteiger partial charge in [0.15, 0.2) is 12.0 Å². The third kappa shape index (κ3) is 4.32. The highest BCUT2D eigenvalue weighted by Gasteiger charge is 2.13. The van der Waals surface area contributed by atoms with Crippen LogP contribution in [-0.2, 0) is 16.1 Å². The summed E-state index contributed by atoms with van der Waals surface area (Å²) < 4.78 is 7.24. The second kappa shape index (κ2) is 8.93. The molecular weight excluding hydrogens is 406 g/mol. The predicted octanol–water partition coefficient (Wildman–Crippen LogP) is 3.00. The van der Waals surface area contributed by atoms with Gasteiger partial charge in [-0.2, -0.15) is 0 Å². The standard InChI is InChI=1S/C25H23N3O4/c1-16-11-12-18(13-17(16)2)32-15-24(30)27-26-23(29)14-28-21-9-5-3-7-19(21)25(31)20-8-4-6-10-22(20)28/h3-13H,14-15H2,1-2H3,(H,26,29)(H,27,30). The van der Waals surface area contributed by atoms with Crippen molar-refractivity contribution >= 4 is 33.6 Å². The zero-order valence-electron chi connectivity index (χ0n) is 17.8. The maximum absolute atomic E-state index is 12.8. The number of fused-ring (bicyclic) bond motifs is 2. The highest BCUT2D eigenvalue weighted by molar-refractivity contribution is 5.95. The van der Waals surface area contributed by atoms with Gasteiger partial charge in [-0.05, 0) is 61.4 Å². The van der Waals surface area contributed by atoms with E-state index in [2.05, 4.69) is 10.9 Å². The van der Waals surface area contributed by atoms with Gasteiger partial charge in [0.05, 0.1) is 11.0 Å². The molecule has 4 aromatic rings. The number of carbonyl (C=O) groups is 2. The highest BCUT2D eigenvalue weighted by atomic mass is 16.5. The molecule has 0 fully saturated rings. The molecule has 0 saturated heterocycles. The van der Waals surface area contributed by atoms with Crippen LogP contribution in [0.2, 0.25) is 0 Å². The summed E-state index contributed by atoms with van der Waals surface area (Å²) in [6.07, 6.45) is 0. The van der Waals surface area contributed by atoms with Crippen molar-refractivity contribution in [3.05, 3.63) is 88.1 Å². The van der Waals surface area contributed by atoms with Gasteiger partial charge in [-0.25, -0.2) is 0 Å². The average Bonchev–Trinajstić information content (AvgIpc) is 2.81. The van der Waals surface area contributed by atoms with E-state index in [0.717, 1.165) is 11.1 Å². The number of para-hydroxylation sites is 2. The largest absolute Gasteiger partial charge is 0.484 e. The summed E-state index contributed by atoms with van der Waals surface area (Å²) >= 11 is 0. The molecule has 0 spiro atoms. The Kier molecular flexibility index (Phi) is 5.89. The first kappa shape index (κ1) is 21.1. The third-order valence-corrected chi connectivity index (χ3v) is 5.37. The molecule has 162 valence electrons. The quantitative estimate of drug-likeness (QED) is 0.377. The van der Waals surface area contributed by atoms with E-state index >= 15 is 0 Å². The number of carbonyl (C=O) groups excluding carboxylic acids is 2. The Labute approximate surface area is 184 Å². The average molecular weight is 429 g/mol. The summed E-state index contributed by atoms with van der Waals surface area (Å²) in [5, 5.41) is 1.06. The zero-order valence-corrected chi connectivity index (χ0v) is 17.8. The smallest absolute Gasteiger partial charge is 0.276 e. The lowest BCUT2D eigenvalue weighted by Crippen LogP contribution is -2.45. The molecule has 1 aromatic heterocycles. The molecule has 4 rings (SSSR count). The Morgan fingerprint density at radius 3 is 2.03 bits per heavy atom. The number of ether oxygens (including phenoxy) is 1. The van der Waals surface area contributed by atoms with E-state index in [0.29, 0.717) is 27.6 Å². The molecule has 0 aliphatic carbocycles. The molecule has 0 bridgehead atoms. The van der Waals surface area contributed by atoms with Crippen LogP contribution in [0, 0.1) is 13.8 Å². The fourth-order valence-electron chi connectivity index (χ4n) is 3.56. The third-order valence-electron chi connectivity index (χ3n) is 5.37. The molecule has 0 atom stereocenters. The van der Waals surface area contributed by atoms with E-state index in [1.807, 2.05) is 38.1 Å². The van der Waals surface area contributed by atoms with Crippen LogP contribution in [0.3, 0.4) is 0 Å². The van der Waals surface area contributed by atoms with E-state index in [-0.39, 0.29) is 18.6 Å². The monoisotopic (exact) mass is 429 g/mol. The lowest BCUT2D eigenvalue weighted by molar-refractivity contribution is -0.130. The minimum absolute atomic E-state index is 0.0698. The van der Waals surface area contributed by atoms with Crippen molar-refractivity contribution in [3.8, 4) is 5.75 Å². The Balaban J connectivity index is 1.45. The molecule has 0 aliphatic rings. The lowest BCUT2D eigenvalue weighted by Gasteiger charge is -2.15. The number of hydrazine groups is 1. The van der Waals surface area contributed by atoms with Gasteiger partial charge >= 0.3 is 0 Å². The van der Waals surface area contributed by atoms with Gasteiger partial charge in [0.1, 0.15) is 12.3 Å². The Bertz CT molecular complexity index is 1330. The molecule has 3 aromatic carbocycles. The van der Waals surface area contributed by atoms with E-state index in [4.69, 9.17) is 4.74 Å². The lowest BCUT2D eigenvalue weighted by atomic mass is 10.1. The molecule has 2 amide bonds. The molecule has 32 heavy (non-hydrogen) atoms. The normalized spacial score (nSPS) is 10.8. The summed E-state index contributed by atoms with van der Waals surface area (Å²) in [5.41, 5.74) is 8.20. The van der Waals surface area contributed by atoms with E-state index in [1.165, 1.54) is 0 Å². The van der Waals surface area contributed by atoms with Gasteiger partial charge in [0.2, 0.25) is 0 Å². The number of hydrogen-bond donors (Lipinski definition) is 2. The van der Waals surface area contributed by atoms with Crippen LogP contribution < -0.4 is 21.0 Å². The van der Waals surface area contributed by atoms with Gasteiger partial charge in [-0.15, -0.1) is 0 Å². The molecule has 0 unspecified atom stereocenters. The Morgan fingerprint density at radius 1 is 0.812 bits per heavy atom. The second-order valence-corrected chi connectivity index (χ2v) is 7.58. The number of aromatic nitrogens is 1. The minimum Gasteiger partial charge on any atom is -0.484 e. The molecule has 2 N–H and O–H groups in total. The molecule has 7 nitrogen and oxygen atoms in total. The van der Waals surface area contributed by atoms with Crippen LogP contribution in [0.4, 0.5) is 0 Å². The van der Waals surface area contributed by atoms with Gasteiger partial charge < -0.3 is 9.30 Å². The number of nitrogens with one attached hydrogen (secondary N) is 2. The minimum atomic E-state index is -0.480. The Morgan fingerprint density at radius 2 is 1.41 bits per heavy atom. The van der Waals surface area contributed by atoms with Crippen LogP contribution in [0.1, 0.15) is 11.1 Å². The zero-order chi connectivity index (χ0) is 22.7. The number of hydrogen-bond acceptors (Lipinski definition) is 4. The van der Waals surface area contributed by atoms with Gasteiger partial charge in [0, 0.05) is 10.8 Å². The topological polar surface area (TPSA) is 89.4 Å². The van der Waals surface area contributed by atoms with Crippen molar-refractivity contribution < 1.29 is 14.3 Å².